The van der Waals surface area contributed by atoms with Crippen LogP contribution in [-0.4, -0.2) is 10.1 Å². The maximum absolute atomic E-state index is 14.5. The molecule has 0 atom stereocenters. The van der Waals surface area contributed by atoms with Crippen molar-refractivity contribution in [1.82, 2.24) is 4.98 Å². The van der Waals surface area contributed by atoms with E-state index in [1.54, 1.807) is 0 Å². The molecule has 170 valence electrons. The summed E-state index contributed by atoms with van der Waals surface area (Å²) in [6, 6.07) is 2.48. The summed E-state index contributed by atoms with van der Waals surface area (Å²) < 4.78 is 140. The fraction of sp³-hybridized carbons (Fsp3) is 0. The smallest absolute Gasteiger partial charge is 0.200 e. The van der Waals surface area contributed by atoms with E-state index in [2.05, 4.69) is 4.98 Å². The van der Waals surface area contributed by atoms with Crippen molar-refractivity contribution >= 4 is 10.9 Å². The van der Waals surface area contributed by atoms with Gasteiger partial charge in [-0.2, -0.15) is 0 Å². The fourth-order valence-electron chi connectivity index (χ4n) is 3.31. The van der Waals surface area contributed by atoms with E-state index in [4.69, 9.17) is 0 Å². The number of nitrogens with zero attached hydrogens (tertiary/aromatic N) is 1. The molecular formula is C21H5F10NO. The summed E-state index contributed by atoms with van der Waals surface area (Å²) in [5.74, 6) is -25.2. The second-order valence-electron chi connectivity index (χ2n) is 6.61. The Morgan fingerprint density at radius 2 is 0.939 bits per heavy atom. The van der Waals surface area contributed by atoms with Crippen molar-refractivity contribution in [1.29, 1.82) is 0 Å². The summed E-state index contributed by atoms with van der Waals surface area (Å²) in [5, 5.41) is 9.98. The molecule has 0 fully saturated rings. The molecule has 0 radical (unpaired) electrons. The van der Waals surface area contributed by atoms with E-state index in [1.807, 2.05) is 0 Å². The van der Waals surface area contributed by atoms with Gasteiger partial charge in [-0.1, -0.05) is 6.07 Å². The highest BCUT2D eigenvalue weighted by Crippen LogP contribution is 2.45. The van der Waals surface area contributed by atoms with Crippen molar-refractivity contribution in [3.05, 3.63) is 82.6 Å². The van der Waals surface area contributed by atoms with Crippen LogP contribution in [0.15, 0.2) is 24.4 Å². The summed E-state index contributed by atoms with van der Waals surface area (Å²) in [5.41, 5.74) is -6.09. The van der Waals surface area contributed by atoms with Gasteiger partial charge in [0, 0.05) is 17.1 Å². The van der Waals surface area contributed by atoms with Crippen LogP contribution in [0.2, 0.25) is 0 Å². The number of hydrogen-bond donors (Lipinski definition) is 1. The second kappa shape index (κ2) is 7.64. The zero-order chi connectivity index (χ0) is 24.4. The highest BCUT2D eigenvalue weighted by molar-refractivity contribution is 6.03. The van der Waals surface area contributed by atoms with Crippen LogP contribution in [0.1, 0.15) is 0 Å². The zero-order valence-electron chi connectivity index (χ0n) is 15.5. The van der Waals surface area contributed by atoms with Crippen LogP contribution >= 0.6 is 0 Å². The van der Waals surface area contributed by atoms with Crippen molar-refractivity contribution in [3.8, 4) is 28.0 Å². The molecule has 0 saturated carbocycles. The van der Waals surface area contributed by atoms with Gasteiger partial charge >= 0.3 is 0 Å². The lowest BCUT2D eigenvalue weighted by atomic mass is 9.92. The standard InChI is InChI=1S/C21H5F10NO/c22-10-8(11(23)15(27)18(30)14(10)26)6-4-7(21(33)20-5(6)2-1-3-32-20)9-12(24)16(28)19(31)17(29)13(9)25/h1-4,33H. The molecular weight excluding hydrogens is 472 g/mol. The molecule has 4 rings (SSSR count). The Kier molecular flexibility index (Phi) is 5.18. The molecule has 2 nitrogen and oxygen atoms in total. The molecule has 1 aromatic heterocycles. The topological polar surface area (TPSA) is 33.1 Å². The Hall–Kier alpha value is -3.83. The molecule has 33 heavy (non-hydrogen) atoms. The van der Waals surface area contributed by atoms with Crippen LogP contribution in [0.5, 0.6) is 5.75 Å². The van der Waals surface area contributed by atoms with Gasteiger partial charge < -0.3 is 5.11 Å². The van der Waals surface area contributed by atoms with Crippen molar-refractivity contribution in [3.63, 3.8) is 0 Å². The van der Waals surface area contributed by atoms with Gasteiger partial charge in [0.15, 0.2) is 46.5 Å². The van der Waals surface area contributed by atoms with Gasteiger partial charge in [0.05, 0.1) is 11.1 Å². The molecule has 0 amide bonds. The molecule has 12 heteroatoms. The normalized spacial score (nSPS) is 11.5. The number of aromatic nitrogens is 1. The fourth-order valence-corrected chi connectivity index (χ4v) is 3.31. The number of phenols is 1. The predicted molar refractivity (Wildman–Crippen MR) is 93.9 cm³/mol. The lowest BCUT2D eigenvalue weighted by Crippen LogP contribution is -2.06. The molecule has 1 heterocycles. The maximum atomic E-state index is 14.5. The van der Waals surface area contributed by atoms with Gasteiger partial charge in [0.2, 0.25) is 11.6 Å². The van der Waals surface area contributed by atoms with Gasteiger partial charge in [-0.15, -0.1) is 0 Å². The van der Waals surface area contributed by atoms with E-state index >= 15 is 0 Å². The highest BCUT2D eigenvalue weighted by atomic mass is 19.2. The lowest BCUT2D eigenvalue weighted by Gasteiger charge is -2.16. The van der Waals surface area contributed by atoms with E-state index in [0.717, 1.165) is 18.3 Å². The Bertz CT molecular complexity index is 1430. The maximum Gasteiger partial charge on any atom is 0.200 e. The molecule has 1 N–H and O–H groups in total. The lowest BCUT2D eigenvalue weighted by molar-refractivity contribution is 0.380. The Balaban J connectivity index is 2.23. The second-order valence-corrected chi connectivity index (χ2v) is 6.61. The van der Waals surface area contributed by atoms with Crippen LogP contribution in [0.25, 0.3) is 33.2 Å². The SMILES string of the molecule is Oc1c(-c2c(F)c(F)c(F)c(F)c2F)cc(-c2c(F)c(F)c(F)c(F)c2F)c2cccnc12. The van der Waals surface area contributed by atoms with Gasteiger partial charge in [-0.05, 0) is 17.7 Å². The van der Waals surface area contributed by atoms with E-state index in [9.17, 15) is 49.0 Å². The van der Waals surface area contributed by atoms with E-state index in [1.165, 1.54) is 0 Å². The number of pyridine rings is 1. The Morgan fingerprint density at radius 1 is 0.545 bits per heavy atom. The molecule has 0 aliphatic heterocycles. The number of hydrogen-bond acceptors (Lipinski definition) is 2. The summed E-state index contributed by atoms with van der Waals surface area (Å²) >= 11 is 0. The first kappa shape index (κ1) is 22.4. The van der Waals surface area contributed by atoms with E-state index < -0.39 is 97.1 Å². The van der Waals surface area contributed by atoms with E-state index in [-0.39, 0.29) is 0 Å². The predicted octanol–water partition coefficient (Wildman–Crippen LogP) is 6.67. The van der Waals surface area contributed by atoms with Crippen molar-refractivity contribution < 1.29 is 49.0 Å². The third-order valence-electron chi connectivity index (χ3n) is 4.82. The van der Waals surface area contributed by atoms with Gasteiger partial charge in [-0.25, -0.2) is 43.9 Å². The molecule has 0 saturated heterocycles. The minimum atomic E-state index is -2.52. The molecule has 0 bridgehead atoms. The van der Waals surface area contributed by atoms with Crippen molar-refractivity contribution in [2.24, 2.45) is 0 Å². The largest absolute Gasteiger partial charge is 0.505 e. The first-order valence-electron chi connectivity index (χ1n) is 8.63. The summed E-state index contributed by atoms with van der Waals surface area (Å²) in [4.78, 5) is 3.63. The molecule has 0 aliphatic carbocycles. The number of fused-ring (bicyclic) bond motifs is 1. The van der Waals surface area contributed by atoms with Gasteiger partial charge in [0.25, 0.3) is 0 Å². The first-order valence-corrected chi connectivity index (χ1v) is 8.63. The molecule has 3 aromatic carbocycles. The minimum absolute atomic E-state index is 0.329. The monoisotopic (exact) mass is 477 g/mol. The van der Waals surface area contributed by atoms with Crippen LogP contribution in [0.4, 0.5) is 43.9 Å². The number of aromatic hydroxyl groups is 1. The molecule has 0 unspecified atom stereocenters. The average Bonchev–Trinajstić information content (AvgIpc) is 2.81. The first-order chi connectivity index (χ1) is 15.5. The number of benzene rings is 3. The van der Waals surface area contributed by atoms with Gasteiger partial charge in [0.1, 0.15) is 11.3 Å². The number of rotatable bonds is 2. The summed E-state index contributed by atoms with van der Waals surface area (Å²) in [6.45, 7) is 0. The van der Waals surface area contributed by atoms with E-state index in [0.29, 0.717) is 6.07 Å². The number of halogens is 10. The van der Waals surface area contributed by atoms with Crippen LogP contribution < -0.4 is 0 Å². The van der Waals surface area contributed by atoms with Crippen molar-refractivity contribution in [2.75, 3.05) is 0 Å². The molecule has 0 aliphatic rings. The third-order valence-corrected chi connectivity index (χ3v) is 4.82. The molecule has 0 spiro atoms. The average molecular weight is 477 g/mol. The van der Waals surface area contributed by atoms with Crippen LogP contribution in [0, 0.1) is 58.2 Å². The summed E-state index contributed by atoms with van der Waals surface area (Å²) in [7, 11) is 0. The van der Waals surface area contributed by atoms with Gasteiger partial charge in [-0.3, -0.25) is 4.98 Å². The van der Waals surface area contributed by atoms with Crippen molar-refractivity contribution in [2.45, 2.75) is 0 Å². The third kappa shape index (κ3) is 3.08. The minimum Gasteiger partial charge on any atom is -0.505 e. The van der Waals surface area contributed by atoms with Crippen LogP contribution in [0.3, 0.4) is 0 Å². The van der Waals surface area contributed by atoms with Crippen LogP contribution in [-0.2, 0) is 0 Å². The zero-order valence-corrected chi connectivity index (χ0v) is 15.5. The summed E-state index contributed by atoms with van der Waals surface area (Å²) in [6.07, 6.45) is 0.979. The highest BCUT2D eigenvalue weighted by Gasteiger charge is 2.32. The number of phenolic OH excluding ortho intramolecular Hbond substituents is 1. The Labute approximate surface area is 176 Å². The molecule has 4 aromatic rings. The Morgan fingerprint density at radius 3 is 1.39 bits per heavy atom. The quantitative estimate of drug-likeness (QED) is 0.199.